The third-order valence-electron chi connectivity index (χ3n) is 4.55. The van der Waals surface area contributed by atoms with Crippen LogP contribution in [0.1, 0.15) is 18.5 Å². The summed E-state index contributed by atoms with van der Waals surface area (Å²) in [6, 6.07) is 12.7. The summed E-state index contributed by atoms with van der Waals surface area (Å²) >= 11 is 5.57. The molecule has 0 saturated carbocycles. The molecule has 0 amide bonds. The van der Waals surface area contributed by atoms with Crippen LogP contribution < -0.4 is 15.0 Å². The first kappa shape index (κ1) is 20.5. The molecule has 1 aliphatic heterocycles. The van der Waals surface area contributed by atoms with Crippen LogP contribution in [0, 0.1) is 5.82 Å². The molecule has 1 N–H and O–H groups in total. The van der Waals surface area contributed by atoms with Crippen molar-refractivity contribution < 1.29 is 18.7 Å². The van der Waals surface area contributed by atoms with Gasteiger partial charge in [-0.2, -0.15) is 0 Å². The predicted molar refractivity (Wildman–Crippen MR) is 114 cm³/mol. The number of allylic oxidation sites excluding steroid dienone is 1. The second-order valence-corrected chi connectivity index (χ2v) is 6.74. The average Bonchev–Trinajstić information content (AvgIpc) is 2.72. The minimum absolute atomic E-state index is 0.0679. The van der Waals surface area contributed by atoms with Gasteiger partial charge in [0.2, 0.25) is 0 Å². The summed E-state index contributed by atoms with van der Waals surface area (Å²) in [5.41, 5.74) is 2.28. The van der Waals surface area contributed by atoms with Crippen molar-refractivity contribution >= 4 is 29.0 Å². The van der Waals surface area contributed by atoms with E-state index < -0.39 is 17.8 Å². The zero-order chi connectivity index (χ0) is 21.0. The molecule has 2 aromatic rings. The van der Waals surface area contributed by atoms with Crippen molar-refractivity contribution in [2.24, 2.45) is 0 Å². The Balaban J connectivity index is 2.09. The number of esters is 1. The monoisotopic (exact) mass is 412 g/mol. The van der Waals surface area contributed by atoms with Gasteiger partial charge in [-0.25, -0.2) is 9.18 Å². The lowest BCUT2D eigenvalue weighted by atomic mass is 9.94. The van der Waals surface area contributed by atoms with E-state index in [2.05, 4.69) is 11.9 Å². The third kappa shape index (κ3) is 4.30. The Bertz CT molecular complexity index is 972. The van der Waals surface area contributed by atoms with E-state index in [0.717, 1.165) is 5.69 Å². The number of benzene rings is 2. The molecular formula is C22H21FN2O3S. The number of ether oxygens (including phenoxy) is 2. The van der Waals surface area contributed by atoms with Crippen LogP contribution >= 0.6 is 12.2 Å². The smallest absolute Gasteiger partial charge is 0.338 e. The number of nitrogens with zero attached hydrogens (tertiary/aromatic N) is 1. The molecule has 0 unspecified atom stereocenters. The number of methoxy groups -OCH3 is 1. The van der Waals surface area contributed by atoms with E-state index in [1.54, 1.807) is 43.2 Å². The van der Waals surface area contributed by atoms with E-state index in [9.17, 15) is 9.18 Å². The summed E-state index contributed by atoms with van der Waals surface area (Å²) in [6.07, 6.45) is 1.49. The normalized spacial score (nSPS) is 16.3. The Morgan fingerprint density at radius 1 is 1.31 bits per heavy atom. The molecule has 2 aromatic carbocycles. The van der Waals surface area contributed by atoms with E-state index in [1.807, 2.05) is 12.1 Å². The molecule has 1 atom stereocenters. The fourth-order valence-electron chi connectivity index (χ4n) is 3.20. The molecule has 5 nitrogen and oxygen atoms in total. The van der Waals surface area contributed by atoms with Crippen LogP contribution in [0.25, 0.3) is 0 Å². The Labute approximate surface area is 174 Å². The largest absolute Gasteiger partial charge is 0.497 e. The highest BCUT2D eigenvalue weighted by Gasteiger charge is 2.35. The summed E-state index contributed by atoms with van der Waals surface area (Å²) < 4.78 is 24.3. The number of carbonyl (C=O) groups excluding carboxylic acids is 1. The standard InChI is InChI=1S/C22H21FN2O3S/c1-4-12-28-21(26)19-14(2)25(17-8-10-18(27-3)11-9-17)22(29)24-20(19)15-6-5-7-16(23)13-15/h4-11,13,20H,1,12H2,2-3H3,(H,24,29)/t20-/m1/s1. The van der Waals surface area contributed by atoms with E-state index in [-0.39, 0.29) is 6.61 Å². The molecule has 1 aliphatic rings. The fourth-order valence-corrected chi connectivity index (χ4v) is 3.56. The summed E-state index contributed by atoms with van der Waals surface area (Å²) in [5.74, 6) is -0.219. The van der Waals surface area contributed by atoms with Crippen molar-refractivity contribution in [2.45, 2.75) is 13.0 Å². The topological polar surface area (TPSA) is 50.8 Å². The maximum absolute atomic E-state index is 13.8. The molecule has 7 heteroatoms. The maximum Gasteiger partial charge on any atom is 0.338 e. The zero-order valence-corrected chi connectivity index (χ0v) is 17.0. The molecule has 0 aliphatic carbocycles. The summed E-state index contributed by atoms with van der Waals surface area (Å²) in [6.45, 7) is 5.43. The van der Waals surface area contributed by atoms with Crippen LogP contribution in [0.3, 0.4) is 0 Å². The van der Waals surface area contributed by atoms with Gasteiger partial charge in [-0.05, 0) is 61.1 Å². The lowest BCUT2D eigenvalue weighted by molar-refractivity contribution is -0.138. The minimum Gasteiger partial charge on any atom is -0.497 e. The van der Waals surface area contributed by atoms with E-state index in [1.165, 1.54) is 18.2 Å². The van der Waals surface area contributed by atoms with Crippen LogP contribution in [0.4, 0.5) is 10.1 Å². The molecule has 1 heterocycles. The Morgan fingerprint density at radius 2 is 2.03 bits per heavy atom. The quantitative estimate of drug-likeness (QED) is 0.434. The van der Waals surface area contributed by atoms with Gasteiger partial charge in [-0.15, -0.1) is 0 Å². The maximum atomic E-state index is 13.8. The van der Waals surface area contributed by atoms with Gasteiger partial charge in [0.1, 0.15) is 18.2 Å². The van der Waals surface area contributed by atoms with Gasteiger partial charge >= 0.3 is 5.97 Å². The summed E-state index contributed by atoms with van der Waals surface area (Å²) in [4.78, 5) is 14.6. The van der Waals surface area contributed by atoms with Crippen LogP contribution in [0.5, 0.6) is 5.75 Å². The first-order chi connectivity index (χ1) is 14.0. The molecule has 0 radical (unpaired) electrons. The first-order valence-corrected chi connectivity index (χ1v) is 9.36. The van der Waals surface area contributed by atoms with Gasteiger partial charge in [-0.1, -0.05) is 24.8 Å². The average molecular weight is 412 g/mol. The molecule has 29 heavy (non-hydrogen) atoms. The molecular weight excluding hydrogens is 391 g/mol. The van der Waals surface area contributed by atoms with Crippen molar-refractivity contribution in [3.63, 3.8) is 0 Å². The lowest BCUT2D eigenvalue weighted by Gasteiger charge is -2.37. The molecule has 150 valence electrons. The van der Waals surface area contributed by atoms with Gasteiger partial charge in [0, 0.05) is 11.4 Å². The highest BCUT2D eigenvalue weighted by molar-refractivity contribution is 7.80. The highest BCUT2D eigenvalue weighted by Crippen LogP contribution is 2.34. The number of carbonyl (C=O) groups is 1. The Kier molecular flexibility index (Phi) is 6.29. The molecule has 0 fully saturated rings. The number of hydrogen-bond acceptors (Lipinski definition) is 4. The Hall–Kier alpha value is -3.19. The third-order valence-corrected chi connectivity index (χ3v) is 4.85. The van der Waals surface area contributed by atoms with Gasteiger partial charge in [0.25, 0.3) is 0 Å². The summed E-state index contributed by atoms with van der Waals surface area (Å²) in [7, 11) is 1.59. The lowest BCUT2D eigenvalue weighted by Crippen LogP contribution is -2.48. The zero-order valence-electron chi connectivity index (χ0n) is 16.1. The van der Waals surface area contributed by atoms with Crippen molar-refractivity contribution in [3.8, 4) is 5.75 Å². The second kappa shape index (κ2) is 8.87. The molecule has 0 saturated heterocycles. The number of halogens is 1. The SMILES string of the molecule is C=CCOC(=O)C1=C(C)N(c2ccc(OC)cc2)C(=S)N[C@@H]1c1cccc(F)c1. The van der Waals surface area contributed by atoms with E-state index in [0.29, 0.717) is 27.7 Å². The molecule has 0 bridgehead atoms. The number of hydrogen-bond donors (Lipinski definition) is 1. The van der Waals surface area contributed by atoms with Crippen LogP contribution in [-0.4, -0.2) is 24.8 Å². The van der Waals surface area contributed by atoms with Crippen molar-refractivity contribution in [2.75, 3.05) is 18.6 Å². The molecule has 3 rings (SSSR count). The van der Waals surface area contributed by atoms with Gasteiger partial charge in [-0.3, -0.25) is 4.90 Å². The molecule has 0 spiro atoms. The van der Waals surface area contributed by atoms with Gasteiger partial charge in [0.15, 0.2) is 5.11 Å². The fraction of sp³-hybridized carbons (Fsp3) is 0.182. The van der Waals surface area contributed by atoms with Crippen molar-refractivity contribution in [3.05, 3.63) is 83.8 Å². The van der Waals surface area contributed by atoms with E-state index in [4.69, 9.17) is 21.7 Å². The second-order valence-electron chi connectivity index (χ2n) is 6.36. The molecule has 0 aromatic heterocycles. The van der Waals surface area contributed by atoms with Gasteiger partial charge < -0.3 is 14.8 Å². The number of thiocarbonyl (C=S) groups is 1. The van der Waals surface area contributed by atoms with Crippen molar-refractivity contribution in [1.29, 1.82) is 0 Å². The number of anilines is 1. The minimum atomic E-state index is -0.634. The first-order valence-electron chi connectivity index (χ1n) is 8.95. The highest BCUT2D eigenvalue weighted by atomic mass is 32.1. The Morgan fingerprint density at radius 3 is 2.66 bits per heavy atom. The van der Waals surface area contributed by atoms with Crippen LogP contribution in [-0.2, 0) is 9.53 Å². The summed E-state index contributed by atoms with van der Waals surface area (Å²) in [5, 5.41) is 3.54. The van der Waals surface area contributed by atoms with Crippen LogP contribution in [0.2, 0.25) is 0 Å². The van der Waals surface area contributed by atoms with Crippen LogP contribution in [0.15, 0.2) is 72.5 Å². The predicted octanol–water partition coefficient (Wildman–Crippen LogP) is 4.27. The van der Waals surface area contributed by atoms with E-state index >= 15 is 0 Å². The number of rotatable bonds is 6. The van der Waals surface area contributed by atoms with Gasteiger partial charge in [0.05, 0.1) is 18.7 Å². The number of nitrogens with one attached hydrogen (secondary N) is 1. The van der Waals surface area contributed by atoms with Crippen molar-refractivity contribution in [1.82, 2.24) is 5.32 Å².